The maximum Gasteiger partial charge on any atom is 0.274 e. The Morgan fingerprint density at radius 3 is 1.54 bits per heavy atom. The van der Waals surface area contributed by atoms with E-state index in [1.165, 1.54) is 12.4 Å². The predicted molar refractivity (Wildman–Crippen MR) is 239 cm³/mol. The number of carbonyl (C=O) groups excluding carboxylic acids is 4. The van der Waals surface area contributed by atoms with E-state index in [4.69, 9.17) is 5.73 Å². The van der Waals surface area contributed by atoms with Crippen LogP contribution >= 0.6 is 0 Å². The summed E-state index contributed by atoms with van der Waals surface area (Å²) < 4.78 is 0. The average molecular weight is 847 g/mol. The second-order valence-corrected chi connectivity index (χ2v) is 17.8. The minimum Gasteiger partial charge on any atom is -0.364 e. The molecule has 2 N–H and O–H groups in total. The van der Waals surface area contributed by atoms with Gasteiger partial charge in [-0.25, -0.2) is 39.9 Å². The molecule has 16 nitrogen and oxygen atoms in total. The lowest BCUT2D eigenvalue weighted by Crippen LogP contribution is -2.42. The molecular weight excluding hydrogens is 797 g/mol. The molecule has 6 aromatic rings. The number of hydrogen-bond acceptors (Lipinski definition) is 12. The maximum absolute atomic E-state index is 13.4. The highest BCUT2D eigenvalue weighted by atomic mass is 16.2. The first kappa shape index (κ1) is 43.7. The van der Waals surface area contributed by atoms with Gasteiger partial charge in [0.2, 0.25) is 11.8 Å². The molecule has 2 aliphatic rings. The normalized spacial score (nSPS) is 14.8. The Bertz CT molecular complexity index is 2820. The molecule has 0 aliphatic carbocycles. The second-order valence-electron chi connectivity index (χ2n) is 17.8. The lowest BCUT2D eigenvalue weighted by molar-refractivity contribution is -0.122. The minimum absolute atomic E-state index is 0.102. The summed E-state index contributed by atoms with van der Waals surface area (Å²) in [5.41, 5.74) is 11.5. The van der Waals surface area contributed by atoms with E-state index in [1.807, 2.05) is 98.7 Å². The van der Waals surface area contributed by atoms with Crippen LogP contribution in [0, 0.1) is 27.7 Å². The molecule has 6 heterocycles. The summed E-state index contributed by atoms with van der Waals surface area (Å²) in [4.78, 5) is 90.6. The van der Waals surface area contributed by atoms with Crippen LogP contribution < -0.4 is 15.5 Å². The van der Waals surface area contributed by atoms with Gasteiger partial charge in [0.05, 0.1) is 46.0 Å². The van der Waals surface area contributed by atoms with E-state index in [0.717, 1.165) is 44.8 Å². The second kappa shape index (κ2) is 15.8. The van der Waals surface area contributed by atoms with Gasteiger partial charge in [0, 0.05) is 48.5 Å². The van der Waals surface area contributed by atoms with Crippen LogP contribution in [0.25, 0.3) is 22.3 Å². The molecular formula is C47H50N12O4. The largest absolute Gasteiger partial charge is 0.364 e. The van der Waals surface area contributed by atoms with Gasteiger partial charge in [0.15, 0.2) is 11.6 Å². The van der Waals surface area contributed by atoms with Gasteiger partial charge in [-0.3, -0.25) is 29.0 Å². The smallest absolute Gasteiger partial charge is 0.274 e. The Morgan fingerprint density at radius 2 is 1.10 bits per heavy atom. The fourth-order valence-corrected chi connectivity index (χ4v) is 7.44. The average Bonchev–Trinajstić information content (AvgIpc) is 3.57. The molecule has 0 saturated heterocycles. The van der Waals surface area contributed by atoms with Gasteiger partial charge < -0.3 is 10.6 Å². The predicted octanol–water partition coefficient (Wildman–Crippen LogP) is 6.98. The summed E-state index contributed by atoms with van der Waals surface area (Å²) >= 11 is 0. The van der Waals surface area contributed by atoms with Gasteiger partial charge in [-0.1, -0.05) is 24.3 Å². The van der Waals surface area contributed by atoms with Gasteiger partial charge in [-0.15, -0.1) is 0 Å². The molecule has 4 aromatic heterocycles. The Morgan fingerprint density at radius 1 is 0.619 bits per heavy atom. The number of benzene rings is 2. The molecule has 2 aliphatic heterocycles. The monoisotopic (exact) mass is 846 g/mol. The first-order valence-corrected chi connectivity index (χ1v) is 20.3. The number of aromatic nitrogens is 8. The quantitative estimate of drug-likeness (QED) is 0.180. The number of aryl methyl sites for hydroxylation is 4. The van der Waals surface area contributed by atoms with Crippen LogP contribution in [0.4, 0.5) is 23.0 Å². The summed E-state index contributed by atoms with van der Waals surface area (Å²) in [6, 6.07) is 11.7. The number of fused-ring (bicyclic) bond motifs is 2. The zero-order chi connectivity index (χ0) is 45.9. The number of hydrogen-bond donors (Lipinski definition) is 1. The highest BCUT2D eigenvalue weighted by Crippen LogP contribution is 2.48. The van der Waals surface area contributed by atoms with Crippen LogP contribution in [-0.2, 0) is 20.4 Å². The van der Waals surface area contributed by atoms with Crippen LogP contribution in [0.5, 0.6) is 0 Å². The molecule has 8 rings (SSSR count). The van der Waals surface area contributed by atoms with Crippen LogP contribution in [-0.4, -0.2) is 81.0 Å². The molecule has 0 unspecified atom stereocenters. The third kappa shape index (κ3) is 7.88. The van der Waals surface area contributed by atoms with Crippen molar-refractivity contribution >= 4 is 46.6 Å². The molecule has 2 aromatic carbocycles. The number of anilines is 4. The van der Waals surface area contributed by atoms with Gasteiger partial charge in [0.25, 0.3) is 11.8 Å². The zero-order valence-corrected chi connectivity index (χ0v) is 37.6. The van der Waals surface area contributed by atoms with Gasteiger partial charge >= 0.3 is 0 Å². The summed E-state index contributed by atoms with van der Waals surface area (Å²) in [7, 11) is 1.73. The topological polar surface area (TPSA) is 207 Å². The van der Waals surface area contributed by atoms with Crippen molar-refractivity contribution in [3.8, 4) is 22.3 Å². The lowest BCUT2D eigenvalue weighted by Gasteiger charge is -2.31. The Labute approximate surface area is 366 Å². The first-order chi connectivity index (χ1) is 29.5. The van der Waals surface area contributed by atoms with Gasteiger partial charge in [-0.2, -0.15) is 0 Å². The van der Waals surface area contributed by atoms with E-state index < -0.39 is 16.7 Å². The highest BCUT2D eigenvalue weighted by Gasteiger charge is 2.47. The fraction of sp³-hybridized carbons (Fsp3) is 0.319. The number of nitrogens with zero attached hydrogens (tertiary/aromatic N) is 11. The molecule has 0 spiro atoms. The number of amides is 4. The standard InChI is InChI=1S/C25H28N6O2.C22H22N6O2/c1-15-26-11-17(12-27-15)16-8-9-18-20(10-16)31(23(33)25(18,5)6)21-14-28-19(13-29-21)22(32)30(7)24(2,3)4;1-11-18(19(23)29)26-12(2)20(27-11)28-17-8-14(15-9-24-13(3)25-10-15)6-7-16(17)22(4,5)21(28)30/h8-14H,1-7H3;6-10H,1-5H3,(H2,23,29). The van der Waals surface area contributed by atoms with Crippen LogP contribution in [0.3, 0.4) is 0 Å². The van der Waals surface area contributed by atoms with E-state index in [-0.39, 0.29) is 34.6 Å². The van der Waals surface area contributed by atoms with Crippen molar-refractivity contribution in [2.24, 2.45) is 5.73 Å². The van der Waals surface area contributed by atoms with Crippen molar-refractivity contribution in [2.45, 2.75) is 92.5 Å². The van der Waals surface area contributed by atoms with Gasteiger partial charge in [-0.05, 0) is 111 Å². The highest BCUT2D eigenvalue weighted by molar-refractivity contribution is 6.13. The van der Waals surface area contributed by atoms with E-state index in [9.17, 15) is 19.2 Å². The molecule has 0 radical (unpaired) electrons. The lowest BCUT2D eigenvalue weighted by atomic mass is 9.85. The number of primary amides is 1. The Balaban J connectivity index is 0.000000190. The third-order valence-electron chi connectivity index (χ3n) is 11.6. The molecule has 0 bridgehead atoms. The van der Waals surface area contributed by atoms with E-state index in [0.29, 0.717) is 34.7 Å². The van der Waals surface area contributed by atoms with Crippen molar-refractivity contribution in [3.63, 3.8) is 0 Å². The molecule has 0 atom stereocenters. The van der Waals surface area contributed by atoms with Gasteiger partial charge in [0.1, 0.15) is 23.0 Å². The fourth-order valence-electron chi connectivity index (χ4n) is 7.44. The Hall–Kier alpha value is -7.36. The number of carbonyl (C=O) groups is 4. The molecule has 16 heteroatoms. The van der Waals surface area contributed by atoms with Crippen LogP contribution in [0.1, 0.15) is 104 Å². The minimum atomic E-state index is -0.734. The zero-order valence-electron chi connectivity index (χ0n) is 37.6. The van der Waals surface area contributed by atoms with Crippen LogP contribution in [0.15, 0.2) is 73.6 Å². The van der Waals surface area contributed by atoms with E-state index >= 15 is 0 Å². The van der Waals surface area contributed by atoms with Crippen molar-refractivity contribution in [1.82, 2.24) is 44.8 Å². The summed E-state index contributed by atoms with van der Waals surface area (Å²) in [6.07, 6.45) is 9.95. The molecule has 0 fully saturated rings. The molecule has 4 amide bonds. The molecule has 63 heavy (non-hydrogen) atoms. The Kier molecular flexibility index (Phi) is 11.0. The van der Waals surface area contributed by atoms with Crippen molar-refractivity contribution in [3.05, 3.63) is 119 Å². The van der Waals surface area contributed by atoms with E-state index in [1.54, 1.807) is 60.4 Å². The third-order valence-corrected chi connectivity index (χ3v) is 11.6. The number of rotatable bonds is 6. The molecule has 0 saturated carbocycles. The molecule has 322 valence electrons. The van der Waals surface area contributed by atoms with Crippen LogP contribution in [0.2, 0.25) is 0 Å². The summed E-state index contributed by atoms with van der Waals surface area (Å²) in [6.45, 7) is 20.4. The summed E-state index contributed by atoms with van der Waals surface area (Å²) in [5, 5.41) is 0. The first-order valence-electron chi connectivity index (χ1n) is 20.3. The SMILES string of the molecule is Cc1ncc(-c2ccc3c(c2)N(c2cnc(C(=O)N(C)C(C)(C)C)cn2)C(=O)C3(C)C)cn1.Cc1ncc(-c2ccc3c(c2)N(c2nc(C)c(C(N)=O)nc2C)C(=O)C3(C)C)cn1. The van der Waals surface area contributed by atoms with Crippen molar-refractivity contribution < 1.29 is 19.2 Å². The maximum atomic E-state index is 13.4. The number of nitrogens with two attached hydrogens (primary N) is 1. The summed E-state index contributed by atoms with van der Waals surface area (Å²) in [5.74, 6) is 1.06. The van der Waals surface area contributed by atoms with Crippen molar-refractivity contribution in [1.29, 1.82) is 0 Å². The van der Waals surface area contributed by atoms with Crippen molar-refractivity contribution in [2.75, 3.05) is 16.8 Å². The van der Waals surface area contributed by atoms with E-state index in [2.05, 4.69) is 39.9 Å².